The minimum atomic E-state index is -0.159. The van der Waals surface area contributed by atoms with Crippen molar-refractivity contribution in [3.8, 4) is 16.9 Å². The molecule has 0 saturated carbocycles. The number of aromatic nitrogens is 4. The Hall–Kier alpha value is -3.14. The molecule has 3 aromatic heterocycles. The van der Waals surface area contributed by atoms with Gasteiger partial charge >= 0.3 is 0 Å². The van der Waals surface area contributed by atoms with Gasteiger partial charge in [0.25, 0.3) is 16.7 Å². The highest BCUT2D eigenvalue weighted by atomic mass is 35.5. The van der Waals surface area contributed by atoms with Gasteiger partial charge in [-0.05, 0) is 29.8 Å². The van der Waals surface area contributed by atoms with E-state index in [0.29, 0.717) is 43.7 Å². The molecule has 7 nitrogen and oxygen atoms in total. The van der Waals surface area contributed by atoms with Crippen LogP contribution in [0.1, 0.15) is 11.7 Å². The van der Waals surface area contributed by atoms with Gasteiger partial charge in [-0.25, -0.2) is 4.98 Å². The highest BCUT2D eigenvalue weighted by Gasteiger charge is 2.14. The summed E-state index contributed by atoms with van der Waals surface area (Å²) in [6, 6.07) is 16.8. The number of ether oxygens (including phenoxy) is 1. The molecule has 1 N–H and O–H groups in total. The number of nitrogens with zero attached hydrogens (tertiary/aromatic N) is 3. The molecule has 0 radical (unpaired) electrons. The largest absolute Gasteiger partial charge is 0.484 e. The molecule has 5 rings (SSSR count). The maximum absolute atomic E-state index is 12.7. The molecule has 0 saturated heterocycles. The lowest BCUT2D eigenvalue weighted by Crippen LogP contribution is -2.10. The Bertz CT molecular complexity index is 1410. The molecule has 0 aliphatic carbocycles. The van der Waals surface area contributed by atoms with Crippen LogP contribution >= 0.6 is 34.7 Å². The van der Waals surface area contributed by atoms with Crippen LogP contribution in [0, 0.1) is 0 Å². The first-order valence-electron chi connectivity index (χ1n) is 9.55. The Morgan fingerprint density at radius 2 is 1.91 bits per heavy atom. The van der Waals surface area contributed by atoms with Gasteiger partial charge < -0.3 is 14.1 Å². The standard InChI is InChI=1S/C22H15ClN4O3S2/c23-14-6-8-15(9-7-14)29-10-18-26-27-22(30-18)32-12-17-24-20(28)19-16(11-31-21(19)25-17)13-4-2-1-3-5-13/h1-9,11H,10,12H2,(H,24,25,28). The zero-order chi connectivity index (χ0) is 21.9. The molecule has 0 amide bonds. The zero-order valence-electron chi connectivity index (χ0n) is 16.4. The van der Waals surface area contributed by atoms with Crippen LogP contribution in [0.4, 0.5) is 0 Å². The zero-order valence-corrected chi connectivity index (χ0v) is 18.8. The van der Waals surface area contributed by atoms with Crippen molar-refractivity contribution in [3.05, 3.63) is 87.1 Å². The van der Waals surface area contributed by atoms with E-state index in [1.54, 1.807) is 24.3 Å². The number of halogens is 1. The monoisotopic (exact) mass is 482 g/mol. The van der Waals surface area contributed by atoms with Crippen LogP contribution in [-0.4, -0.2) is 20.2 Å². The van der Waals surface area contributed by atoms with E-state index in [1.807, 2.05) is 35.7 Å². The van der Waals surface area contributed by atoms with Gasteiger partial charge in [0.05, 0.1) is 11.1 Å². The van der Waals surface area contributed by atoms with Crippen molar-refractivity contribution in [2.24, 2.45) is 0 Å². The maximum Gasteiger partial charge on any atom is 0.277 e. The Balaban J connectivity index is 1.26. The number of benzene rings is 2. The number of H-pyrrole nitrogens is 1. The Morgan fingerprint density at radius 1 is 1.09 bits per heavy atom. The maximum atomic E-state index is 12.7. The first-order valence-corrected chi connectivity index (χ1v) is 11.8. The summed E-state index contributed by atoms with van der Waals surface area (Å²) < 4.78 is 11.2. The minimum absolute atomic E-state index is 0.147. The van der Waals surface area contributed by atoms with Gasteiger partial charge in [-0.3, -0.25) is 4.79 Å². The topological polar surface area (TPSA) is 93.9 Å². The summed E-state index contributed by atoms with van der Waals surface area (Å²) in [5.41, 5.74) is 1.72. The molecule has 32 heavy (non-hydrogen) atoms. The molecule has 0 aliphatic heterocycles. The molecule has 0 spiro atoms. The SMILES string of the molecule is O=c1[nH]c(CSc2nnc(COc3ccc(Cl)cc3)o2)nc2scc(-c3ccccc3)c12. The molecule has 160 valence electrons. The Kier molecular flexibility index (Phi) is 5.93. The van der Waals surface area contributed by atoms with Crippen LogP contribution in [0.25, 0.3) is 21.3 Å². The van der Waals surface area contributed by atoms with E-state index in [9.17, 15) is 4.79 Å². The number of rotatable bonds is 7. The molecule has 0 bridgehead atoms. The minimum Gasteiger partial charge on any atom is -0.484 e. The van der Waals surface area contributed by atoms with Crippen LogP contribution in [0.3, 0.4) is 0 Å². The van der Waals surface area contributed by atoms with Gasteiger partial charge in [-0.2, -0.15) is 0 Å². The van der Waals surface area contributed by atoms with Crippen molar-refractivity contribution >= 4 is 44.9 Å². The number of hydrogen-bond acceptors (Lipinski definition) is 8. The number of aromatic amines is 1. The highest BCUT2D eigenvalue weighted by Crippen LogP contribution is 2.31. The first-order chi connectivity index (χ1) is 15.7. The quantitative estimate of drug-likeness (QED) is 0.303. The Morgan fingerprint density at radius 3 is 2.72 bits per heavy atom. The third kappa shape index (κ3) is 4.55. The van der Waals surface area contributed by atoms with E-state index in [0.717, 1.165) is 11.1 Å². The average Bonchev–Trinajstić information content (AvgIpc) is 3.45. The van der Waals surface area contributed by atoms with Crippen LogP contribution in [0.5, 0.6) is 5.75 Å². The lowest BCUT2D eigenvalue weighted by molar-refractivity contribution is 0.252. The second-order valence-corrected chi connectivity index (χ2v) is 8.92. The fraction of sp³-hybridized carbons (Fsp3) is 0.0909. The normalized spacial score (nSPS) is 11.2. The van der Waals surface area contributed by atoms with E-state index >= 15 is 0 Å². The van der Waals surface area contributed by atoms with Gasteiger partial charge in [0.2, 0.25) is 0 Å². The van der Waals surface area contributed by atoms with Crippen molar-refractivity contribution in [2.75, 3.05) is 0 Å². The van der Waals surface area contributed by atoms with E-state index in [2.05, 4.69) is 20.2 Å². The fourth-order valence-electron chi connectivity index (χ4n) is 3.05. The Labute approximate surface area is 195 Å². The molecular formula is C22H15ClN4O3S2. The van der Waals surface area contributed by atoms with Crippen LogP contribution in [-0.2, 0) is 12.4 Å². The van der Waals surface area contributed by atoms with E-state index in [1.165, 1.54) is 23.1 Å². The third-order valence-electron chi connectivity index (χ3n) is 4.53. The smallest absolute Gasteiger partial charge is 0.277 e. The fourth-order valence-corrected chi connectivity index (χ4v) is 4.80. The summed E-state index contributed by atoms with van der Waals surface area (Å²) in [6.07, 6.45) is 0. The van der Waals surface area contributed by atoms with E-state index in [-0.39, 0.29) is 12.2 Å². The summed E-state index contributed by atoms with van der Waals surface area (Å²) >= 11 is 8.61. The number of fused-ring (bicyclic) bond motifs is 1. The van der Waals surface area contributed by atoms with Crippen molar-refractivity contribution in [1.82, 2.24) is 20.2 Å². The molecule has 3 heterocycles. The first kappa shape index (κ1) is 20.7. The summed E-state index contributed by atoms with van der Waals surface area (Å²) in [5.74, 6) is 1.95. The van der Waals surface area contributed by atoms with E-state index in [4.69, 9.17) is 20.8 Å². The predicted molar refractivity (Wildman–Crippen MR) is 125 cm³/mol. The van der Waals surface area contributed by atoms with Gasteiger partial charge in [0, 0.05) is 16.0 Å². The summed E-state index contributed by atoms with van der Waals surface area (Å²) in [4.78, 5) is 20.9. The van der Waals surface area contributed by atoms with Crippen molar-refractivity contribution in [1.29, 1.82) is 0 Å². The third-order valence-corrected chi connectivity index (χ3v) is 6.49. The second kappa shape index (κ2) is 9.15. The number of nitrogens with one attached hydrogen (secondary N) is 1. The molecule has 10 heteroatoms. The van der Waals surface area contributed by atoms with E-state index < -0.39 is 0 Å². The molecule has 0 unspecified atom stereocenters. The van der Waals surface area contributed by atoms with Gasteiger partial charge in [-0.15, -0.1) is 21.5 Å². The van der Waals surface area contributed by atoms with Crippen LogP contribution in [0.15, 0.2) is 74.4 Å². The predicted octanol–water partition coefficient (Wildman–Crippen LogP) is 5.56. The molecular weight excluding hydrogens is 468 g/mol. The summed E-state index contributed by atoms with van der Waals surface area (Å²) in [6.45, 7) is 0.147. The summed E-state index contributed by atoms with van der Waals surface area (Å²) in [7, 11) is 0. The average molecular weight is 483 g/mol. The lowest BCUT2D eigenvalue weighted by Gasteiger charge is -2.02. The van der Waals surface area contributed by atoms with Gasteiger partial charge in [0.1, 0.15) is 16.4 Å². The highest BCUT2D eigenvalue weighted by molar-refractivity contribution is 7.98. The van der Waals surface area contributed by atoms with Crippen molar-refractivity contribution in [2.45, 2.75) is 17.6 Å². The lowest BCUT2D eigenvalue weighted by atomic mass is 10.1. The van der Waals surface area contributed by atoms with Crippen molar-refractivity contribution in [3.63, 3.8) is 0 Å². The number of hydrogen-bond donors (Lipinski definition) is 1. The van der Waals surface area contributed by atoms with Gasteiger partial charge in [-0.1, -0.05) is 53.7 Å². The molecule has 5 aromatic rings. The summed E-state index contributed by atoms with van der Waals surface area (Å²) in [5, 5.41) is 11.6. The number of thiophene rings is 1. The molecule has 0 fully saturated rings. The van der Waals surface area contributed by atoms with Crippen LogP contribution < -0.4 is 10.3 Å². The second-order valence-electron chi connectivity index (χ2n) is 6.70. The van der Waals surface area contributed by atoms with Crippen molar-refractivity contribution < 1.29 is 9.15 Å². The number of thioether (sulfide) groups is 1. The molecule has 0 atom stereocenters. The van der Waals surface area contributed by atoms with Gasteiger partial charge in [0.15, 0.2) is 6.61 Å². The molecule has 0 aliphatic rings. The molecule has 2 aromatic carbocycles. The van der Waals surface area contributed by atoms with Crippen LogP contribution in [0.2, 0.25) is 5.02 Å².